The zero-order chi connectivity index (χ0) is 26.1. The maximum atomic E-state index is 8.33. The molecular weight excluding hydrogens is 418 g/mol. The number of rotatable bonds is 17. The van der Waals surface area contributed by atoms with Crippen LogP contribution < -0.4 is 5.73 Å². The number of hydrogen-bond acceptors (Lipinski definition) is 4. The molecule has 5 nitrogen and oxygen atoms in total. The molecule has 0 heterocycles. The quantitative estimate of drug-likeness (QED) is 0.109. The van der Waals surface area contributed by atoms with E-state index < -0.39 is 0 Å². The lowest BCUT2D eigenvalue weighted by Crippen LogP contribution is -2.30. The first-order valence-corrected chi connectivity index (χ1v) is 12.8. The van der Waals surface area contributed by atoms with E-state index in [4.69, 9.17) is 11.1 Å². The molecule has 3 N–H and O–H groups in total. The Morgan fingerprint density at radius 1 is 1.12 bits per heavy atom. The average molecular weight is 470 g/mol. The molecule has 0 bridgehead atoms. The molecule has 1 atom stereocenters. The molecule has 0 fully saturated rings. The third kappa shape index (κ3) is 14.0. The predicted molar refractivity (Wildman–Crippen MR) is 153 cm³/mol. The lowest BCUT2D eigenvalue weighted by atomic mass is 9.96. The summed E-state index contributed by atoms with van der Waals surface area (Å²) in [5.74, 6) is 1.22. The minimum absolute atomic E-state index is 0.233. The Balaban J connectivity index is 4.82. The van der Waals surface area contributed by atoms with Gasteiger partial charge in [0.05, 0.1) is 6.34 Å². The molecule has 0 aliphatic heterocycles. The fraction of sp³-hybridized carbons (Fsp3) is 0.586. The molecule has 0 rings (SSSR count). The van der Waals surface area contributed by atoms with Crippen molar-refractivity contribution in [1.29, 1.82) is 5.41 Å². The molecule has 0 aromatic heterocycles. The van der Waals surface area contributed by atoms with Gasteiger partial charge >= 0.3 is 0 Å². The molecular formula is C29H51N5. The maximum Gasteiger partial charge on any atom is 0.125 e. The van der Waals surface area contributed by atoms with Crippen molar-refractivity contribution in [2.45, 2.75) is 73.8 Å². The number of amidine groups is 1. The van der Waals surface area contributed by atoms with Crippen molar-refractivity contribution >= 4 is 12.2 Å². The number of aliphatic imine (C=N–C) groups is 1. The summed E-state index contributed by atoms with van der Waals surface area (Å²) in [6.07, 6.45) is 14.9. The van der Waals surface area contributed by atoms with Crippen LogP contribution in [0.15, 0.2) is 65.4 Å². The average Bonchev–Trinajstić information content (AvgIpc) is 2.78. The van der Waals surface area contributed by atoms with Gasteiger partial charge in [-0.3, -0.25) is 10.4 Å². The molecule has 0 aliphatic carbocycles. The molecule has 0 aromatic rings. The highest BCUT2D eigenvalue weighted by atomic mass is 15.2. The van der Waals surface area contributed by atoms with Crippen LogP contribution in [-0.4, -0.2) is 54.2 Å². The van der Waals surface area contributed by atoms with Gasteiger partial charge in [0.1, 0.15) is 5.84 Å². The van der Waals surface area contributed by atoms with E-state index in [1.54, 1.807) is 6.34 Å². The van der Waals surface area contributed by atoms with Gasteiger partial charge in [-0.1, -0.05) is 59.1 Å². The van der Waals surface area contributed by atoms with Gasteiger partial charge in [-0.2, -0.15) is 0 Å². The number of hydrogen-bond donors (Lipinski definition) is 2. The Hall–Kier alpha value is -2.40. The third-order valence-electron chi connectivity index (χ3n) is 5.49. The van der Waals surface area contributed by atoms with Crippen LogP contribution >= 0.6 is 0 Å². The van der Waals surface area contributed by atoms with Crippen LogP contribution in [0.5, 0.6) is 0 Å². The molecule has 34 heavy (non-hydrogen) atoms. The summed E-state index contributed by atoms with van der Waals surface area (Å²) in [4.78, 5) is 8.77. The summed E-state index contributed by atoms with van der Waals surface area (Å²) < 4.78 is 0. The summed E-state index contributed by atoms with van der Waals surface area (Å²) >= 11 is 0. The number of nitrogens with two attached hydrogens (primary N) is 1. The van der Waals surface area contributed by atoms with Gasteiger partial charge in [0.15, 0.2) is 0 Å². The van der Waals surface area contributed by atoms with Gasteiger partial charge in [0, 0.05) is 24.8 Å². The molecule has 192 valence electrons. The molecule has 0 radical (unpaired) electrons. The Labute approximate surface area is 210 Å². The standard InChI is InChI=1S/C29H51N5/c1-10-18-33(19-14-13-15-28(30)20-27(11-2)26(9)23(4)5)21-25(8)16-17-29(31)34(12-3)22-32-24(6)7/h11,15-17,20,22-25,31H,2,9-10,12-14,18-19,21,30H2,1,3-8H3/b17-16-,27-20+,28-15-,31-29?,32-22?/t25-/m0/s1. The second-order valence-electron chi connectivity index (χ2n) is 9.50. The lowest BCUT2D eigenvalue weighted by molar-refractivity contribution is 0.251. The van der Waals surface area contributed by atoms with Gasteiger partial charge in [-0.25, -0.2) is 0 Å². The first-order valence-electron chi connectivity index (χ1n) is 12.8. The zero-order valence-corrected chi connectivity index (χ0v) is 23.0. The van der Waals surface area contributed by atoms with Crippen LogP contribution in [0.1, 0.15) is 67.7 Å². The fourth-order valence-electron chi connectivity index (χ4n) is 3.40. The second-order valence-corrected chi connectivity index (χ2v) is 9.50. The van der Waals surface area contributed by atoms with Crippen LogP contribution in [-0.2, 0) is 0 Å². The highest BCUT2D eigenvalue weighted by molar-refractivity contribution is 5.97. The van der Waals surface area contributed by atoms with Crippen molar-refractivity contribution in [1.82, 2.24) is 9.80 Å². The van der Waals surface area contributed by atoms with E-state index in [9.17, 15) is 0 Å². The number of unbranched alkanes of at least 4 members (excludes halogenated alkanes) is 1. The second kappa shape index (κ2) is 18.0. The molecule has 0 aromatic carbocycles. The first kappa shape index (κ1) is 31.6. The molecule has 0 saturated heterocycles. The Morgan fingerprint density at radius 2 is 1.79 bits per heavy atom. The van der Waals surface area contributed by atoms with Crippen LogP contribution in [0.25, 0.3) is 0 Å². The van der Waals surface area contributed by atoms with Crippen molar-refractivity contribution in [3.05, 3.63) is 60.4 Å². The minimum Gasteiger partial charge on any atom is -0.399 e. The van der Waals surface area contributed by atoms with Crippen LogP contribution in [0, 0.1) is 17.2 Å². The van der Waals surface area contributed by atoms with E-state index >= 15 is 0 Å². The number of nitrogens with one attached hydrogen (secondary N) is 1. The predicted octanol–water partition coefficient (Wildman–Crippen LogP) is 6.57. The molecule has 5 heteroatoms. The van der Waals surface area contributed by atoms with Crippen LogP contribution in [0.3, 0.4) is 0 Å². The van der Waals surface area contributed by atoms with Gasteiger partial charge in [0.2, 0.25) is 0 Å². The molecule has 0 aliphatic rings. The van der Waals surface area contributed by atoms with Crippen molar-refractivity contribution in [3.8, 4) is 0 Å². The minimum atomic E-state index is 0.233. The van der Waals surface area contributed by atoms with Crippen molar-refractivity contribution in [2.75, 3.05) is 26.2 Å². The maximum absolute atomic E-state index is 8.33. The zero-order valence-electron chi connectivity index (χ0n) is 23.0. The van der Waals surface area contributed by atoms with Crippen molar-refractivity contribution in [3.63, 3.8) is 0 Å². The van der Waals surface area contributed by atoms with E-state index in [1.165, 1.54) is 0 Å². The van der Waals surface area contributed by atoms with Crippen molar-refractivity contribution in [2.24, 2.45) is 22.6 Å². The normalized spacial score (nSPS) is 14.1. The Kier molecular flexibility index (Phi) is 16.7. The van der Waals surface area contributed by atoms with E-state index in [1.807, 2.05) is 43.9 Å². The summed E-state index contributed by atoms with van der Waals surface area (Å²) in [5, 5.41) is 8.33. The van der Waals surface area contributed by atoms with E-state index in [2.05, 4.69) is 62.9 Å². The van der Waals surface area contributed by atoms with Crippen LogP contribution in [0.2, 0.25) is 0 Å². The molecule has 0 amide bonds. The first-order chi connectivity index (χ1) is 16.0. The molecule has 0 spiro atoms. The molecule has 0 unspecified atom stereocenters. The monoisotopic (exact) mass is 469 g/mol. The summed E-state index contributed by atoms with van der Waals surface area (Å²) in [7, 11) is 0. The Morgan fingerprint density at radius 3 is 2.32 bits per heavy atom. The summed E-state index contributed by atoms with van der Waals surface area (Å²) in [6, 6.07) is 0.233. The smallest absolute Gasteiger partial charge is 0.125 e. The van der Waals surface area contributed by atoms with Crippen LogP contribution in [0.4, 0.5) is 0 Å². The van der Waals surface area contributed by atoms with Gasteiger partial charge in [-0.05, 0) is 88.3 Å². The van der Waals surface area contributed by atoms with Gasteiger partial charge in [-0.15, -0.1) is 0 Å². The summed E-state index contributed by atoms with van der Waals surface area (Å²) in [5.41, 5.74) is 9.07. The topological polar surface area (TPSA) is 68.7 Å². The third-order valence-corrected chi connectivity index (χ3v) is 5.49. The van der Waals surface area contributed by atoms with Gasteiger partial charge in [0.25, 0.3) is 0 Å². The highest BCUT2D eigenvalue weighted by Crippen LogP contribution is 2.19. The number of likely N-dealkylation sites (N-methyl/N-ethyl adjacent to an activating group) is 1. The fourth-order valence-corrected chi connectivity index (χ4v) is 3.40. The Bertz CT molecular complexity index is 740. The SMILES string of the molecule is C=C/C(=C\C(N)=C\CCCN(CCC)C[C@@H](C)/C=C\C(=N)N(C=NC(C)C)CC)C(=C)C(C)C. The van der Waals surface area contributed by atoms with E-state index in [0.717, 1.165) is 62.3 Å². The van der Waals surface area contributed by atoms with Gasteiger partial charge < -0.3 is 15.5 Å². The van der Waals surface area contributed by atoms with Crippen molar-refractivity contribution < 1.29 is 0 Å². The number of allylic oxidation sites excluding steroid dienone is 5. The van der Waals surface area contributed by atoms with E-state index in [-0.39, 0.29) is 6.04 Å². The lowest BCUT2D eigenvalue weighted by Gasteiger charge is -2.24. The largest absolute Gasteiger partial charge is 0.399 e. The summed E-state index contributed by atoms with van der Waals surface area (Å²) in [6.45, 7) is 26.7. The molecule has 0 saturated carbocycles. The number of nitrogens with zero attached hydrogens (tertiary/aromatic N) is 3. The highest BCUT2D eigenvalue weighted by Gasteiger charge is 2.09. The van der Waals surface area contributed by atoms with E-state index in [0.29, 0.717) is 17.7 Å².